The topological polar surface area (TPSA) is 73.8 Å². The molecule has 0 atom stereocenters. The van der Waals surface area contributed by atoms with Crippen molar-refractivity contribution in [2.75, 3.05) is 25.7 Å². The number of nitrogens with zero attached hydrogens (tertiary/aromatic N) is 3. The zero-order valence-corrected chi connectivity index (χ0v) is 18.9. The van der Waals surface area contributed by atoms with Gasteiger partial charge in [-0.05, 0) is 48.9 Å². The van der Waals surface area contributed by atoms with Crippen molar-refractivity contribution >= 4 is 32.6 Å². The summed E-state index contributed by atoms with van der Waals surface area (Å²) in [5.74, 6) is 1.70. The van der Waals surface area contributed by atoms with E-state index in [0.29, 0.717) is 27.9 Å². The maximum atomic E-state index is 13.3. The van der Waals surface area contributed by atoms with Crippen LogP contribution in [0.15, 0.2) is 60.8 Å². The highest BCUT2D eigenvalue weighted by Crippen LogP contribution is 2.40. The van der Waals surface area contributed by atoms with E-state index < -0.39 is 0 Å². The lowest BCUT2D eigenvalue weighted by Crippen LogP contribution is -2.34. The minimum atomic E-state index is -0.228. The third-order valence-corrected chi connectivity index (χ3v) is 5.92. The van der Waals surface area contributed by atoms with E-state index >= 15 is 0 Å². The average Bonchev–Trinajstić information content (AvgIpc) is 3.26. The van der Waals surface area contributed by atoms with Gasteiger partial charge in [-0.3, -0.25) is 14.7 Å². The van der Waals surface area contributed by atoms with Crippen molar-refractivity contribution < 1.29 is 19.0 Å². The highest BCUT2D eigenvalue weighted by Gasteiger charge is 2.23. The lowest BCUT2D eigenvalue weighted by atomic mass is 10.2. The second kappa shape index (κ2) is 9.65. The summed E-state index contributed by atoms with van der Waals surface area (Å²) >= 11 is 1.36. The molecule has 32 heavy (non-hydrogen) atoms. The van der Waals surface area contributed by atoms with Crippen molar-refractivity contribution in [2.24, 2.45) is 0 Å². The van der Waals surface area contributed by atoms with Gasteiger partial charge in [0, 0.05) is 6.20 Å². The number of aromatic nitrogens is 2. The minimum absolute atomic E-state index is 0.125. The molecule has 0 spiro atoms. The Kier molecular flexibility index (Phi) is 6.51. The monoisotopic (exact) mass is 449 g/mol. The van der Waals surface area contributed by atoms with E-state index in [0.717, 1.165) is 16.0 Å². The number of pyridine rings is 1. The van der Waals surface area contributed by atoms with Crippen molar-refractivity contribution in [1.29, 1.82) is 0 Å². The Morgan fingerprint density at radius 1 is 1.03 bits per heavy atom. The maximum Gasteiger partial charge on any atom is 0.267 e. The number of aryl methyl sites for hydroxylation is 1. The van der Waals surface area contributed by atoms with Crippen LogP contribution in [0, 0.1) is 6.92 Å². The lowest BCUT2D eigenvalue weighted by Gasteiger charge is -2.19. The van der Waals surface area contributed by atoms with Crippen molar-refractivity contribution in [2.45, 2.75) is 13.5 Å². The van der Waals surface area contributed by atoms with Crippen molar-refractivity contribution in [3.8, 4) is 17.2 Å². The summed E-state index contributed by atoms with van der Waals surface area (Å²) in [4.78, 5) is 23.9. The summed E-state index contributed by atoms with van der Waals surface area (Å²) in [6, 6.07) is 16.8. The Balaban J connectivity index is 1.68. The van der Waals surface area contributed by atoms with Crippen LogP contribution in [0.25, 0.3) is 10.2 Å². The molecule has 164 valence electrons. The van der Waals surface area contributed by atoms with Crippen LogP contribution >= 0.6 is 11.3 Å². The first-order chi connectivity index (χ1) is 15.6. The maximum absolute atomic E-state index is 13.3. The molecule has 0 saturated heterocycles. The number of methoxy groups -OCH3 is 2. The largest absolute Gasteiger partial charge is 0.495 e. The minimum Gasteiger partial charge on any atom is -0.495 e. The van der Waals surface area contributed by atoms with Gasteiger partial charge >= 0.3 is 0 Å². The molecule has 0 fully saturated rings. The zero-order chi connectivity index (χ0) is 22.5. The molecule has 2 aromatic carbocycles. The van der Waals surface area contributed by atoms with E-state index in [1.807, 2.05) is 55.5 Å². The summed E-state index contributed by atoms with van der Waals surface area (Å²) in [5, 5.41) is 0.520. The van der Waals surface area contributed by atoms with Gasteiger partial charge in [-0.15, -0.1) is 0 Å². The van der Waals surface area contributed by atoms with Crippen LogP contribution in [-0.4, -0.2) is 36.7 Å². The van der Waals surface area contributed by atoms with Gasteiger partial charge in [0.15, 0.2) is 11.7 Å². The summed E-state index contributed by atoms with van der Waals surface area (Å²) in [7, 11) is 3.19. The van der Waals surface area contributed by atoms with Gasteiger partial charge < -0.3 is 14.2 Å². The molecule has 0 N–H and O–H groups in total. The summed E-state index contributed by atoms with van der Waals surface area (Å²) in [6.07, 6.45) is 1.70. The van der Waals surface area contributed by atoms with Crippen LogP contribution in [0.4, 0.5) is 5.13 Å². The van der Waals surface area contributed by atoms with E-state index in [-0.39, 0.29) is 19.1 Å². The molecule has 0 aliphatic carbocycles. The number of hydrogen-bond donors (Lipinski definition) is 0. The molecule has 7 nitrogen and oxygen atoms in total. The molecule has 0 radical (unpaired) electrons. The molecule has 0 saturated carbocycles. The van der Waals surface area contributed by atoms with Gasteiger partial charge in [0.2, 0.25) is 0 Å². The highest BCUT2D eigenvalue weighted by atomic mass is 32.1. The third kappa shape index (κ3) is 4.65. The number of anilines is 1. The Labute approximate surface area is 190 Å². The SMILES string of the molecule is COc1ccc(OC)c2sc(N(Cc3ccccn3)C(=O)COc3cccc(C)c3)nc12. The predicted octanol–water partition coefficient (Wildman–Crippen LogP) is 4.63. The first-order valence-corrected chi connectivity index (χ1v) is 10.8. The first kappa shape index (κ1) is 21.6. The number of fused-ring (bicyclic) bond motifs is 1. The Bertz CT molecular complexity index is 1190. The van der Waals surface area contributed by atoms with Crippen LogP contribution in [0.2, 0.25) is 0 Å². The fraction of sp³-hybridized carbons (Fsp3) is 0.208. The molecule has 2 heterocycles. The summed E-state index contributed by atoms with van der Waals surface area (Å²) in [6.45, 7) is 2.12. The molecule has 1 amide bonds. The number of rotatable bonds is 8. The molecule has 0 bridgehead atoms. The Morgan fingerprint density at radius 3 is 2.56 bits per heavy atom. The van der Waals surface area contributed by atoms with Crippen LogP contribution in [0.3, 0.4) is 0 Å². The Morgan fingerprint density at radius 2 is 1.84 bits per heavy atom. The van der Waals surface area contributed by atoms with Gasteiger partial charge in [-0.2, -0.15) is 0 Å². The van der Waals surface area contributed by atoms with Crippen molar-refractivity contribution in [1.82, 2.24) is 9.97 Å². The number of ether oxygens (including phenoxy) is 3. The standard InChI is InChI=1S/C24H23N3O4S/c1-16-7-6-9-18(13-16)31-15-21(28)27(14-17-8-4-5-12-25-17)24-26-22-19(29-2)10-11-20(30-3)23(22)32-24/h4-13H,14-15H2,1-3H3. The molecule has 4 rings (SSSR count). The van der Waals surface area contributed by atoms with Crippen LogP contribution in [0.5, 0.6) is 17.2 Å². The van der Waals surface area contributed by atoms with Crippen LogP contribution < -0.4 is 19.1 Å². The molecule has 4 aromatic rings. The van der Waals surface area contributed by atoms with E-state index in [4.69, 9.17) is 19.2 Å². The van der Waals surface area contributed by atoms with Gasteiger partial charge in [0.05, 0.1) is 26.5 Å². The number of carbonyl (C=O) groups is 1. The number of hydrogen-bond acceptors (Lipinski definition) is 7. The van der Waals surface area contributed by atoms with Gasteiger partial charge in [-0.25, -0.2) is 4.98 Å². The number of carbonyl (C=O) groups excluding carboxylic acids is 1. The van der Waals surface area contributed by atoms with Gasteiger partial charge in [-0.1, -0.05) is 29.5 Å². The summed E-state index contributed by atoms with van der Waals surface area (Å²) < 4.78 is 17.5. The number of amides is 1. The predicted molar refractivity (Wildman–Crippen MR) is 125 cm³/mol. The molecule has 0 aliphatic rings. The smallest absolute Gasteiger partial charge is 0.267 e. The fourth-order valence-electron chi connectivity index (χ4n) is 3.23. The van der Waals surface area contributed by atoms with Crippen LogP contribution in [-0.2, 0) is 11.3 Å². The van der Waals surface area contributed by atoms with Crippen LogP contribution in [0.1, 0.15) is 11.3 Å². The number of benzene rings is 2. The first-order valence-electron chi connectivity index (χ1n) is 10.0. The van der Waals surface area contributed by atoms with Crippen molar-refractivity contribution in [3.05, 3.63) is 72.1 Å². The highest BCUT2D eigenvalue weighted by molar-refractivity contribution is 7.22. The molecular weight excluding hydrogens is 426 g/mol. The van der Waals surface area contributed by atoms with E-state index in [9.17, 15) is 4.79 Å². The van der Waals surface area contributed by atoms with Crippen molar-refractivity contribution in [3.63, 3.8) is 0 Å². The van der Waals surface area contributed by atoms with E-state index in [2.05, 4.69) is 4.98 Å². The summed E-state index contributed by atoms with van der Waals surface area (Å²) in [5.41, 5.74) is 2.45. The fourth-order valence-corrected chi connectivity index (χ4v) is 4.32. The van der Waals surface area contributed by atoms with E-state index in [1.54, 1.807) is 31.4 Å². The molecule has 0 aliphatic heterocycles. The number of thiazole rings is 1. The quantitative estimate of drug-likeness (QED) is 0.391. The molecule has 2 aromatic heterocycles. The Hall–Kier alpha value is -3.65. The zero-order valence-electron chi connectivity index (χ0n) is 18.1. The van der Waals surface area contributed by atoms with Gasteiger partial charge in [0.1, 0.15) is 27.5 Å². The molecule has 0 unspecified atom stereocenters. The second-order valence-corrected chi connectivity index (χ2v) is 8.03. The normalized spacial score (nSPS) is 10.7. The molecule has 8 heteroatoms. The third-order valence-electron chi connectivity index (χ3n) is 4.83. The molecular formula is C24H23N3O4S. The lowest BCUT2D eigenvalue weighted by molar-refractivity contribution is -0.120. The average molecular weight is 450 g/mol. The van der Waals surface area contributed by atoms with Gasteiger partial charge in [0.25, 0.3) is 5.91 Å². The van der Waals surface area contributed by atoms with E-state index in [1.165, 1.54) is 11.3 Å². The second-order valence-electron chi connectivity index (χ2n) is 7.05.